The molecule has 1 fully saturated rings. The number of aryl methyl sites for hydroxylation is 1. The van der Waals surface area contributed by atoms with E-state index in [0.29, 0.717) is 6.04 Å². The summed E-state index contributed by atoms with van der Waals surface area (Å²) < 4.78 is 2.10. The van der Waals surface area contributed by atoms with Crippen molar-refractivity contribution in [1.29, 1.82) is 0 Å². The van der Waals surface area contributed by atoms with Crippen LogP contribution in [0.3, 0.4) is 0 Å². The Morgan fingerprint density at radius 2 is 2.04 bits per heavy atom. The Labute approximate surface area is 165 Å². The summed E-state index contributed by atoms with van der Waals surface area (Å²) in [5.41, 5.74) is 2.26. The lowest BCUT2D eigenvalue weighted by atomic mass is 9.92. The first-order valence-corrected chi connectivity index (χ1v) is 9.80. The normalized spacial score (nSPS) is 14.5. The number of anilines is 1. The van der Waals surface area contributed by atoms with Crippen LogP contribution < -0.4 is 5.32 Å². The largest absolute Gasteiger partial charge is 0.334 e. The Hall–Kier alpha value is -2.31. The molecular weight excluding hydrogens is 354 g/mol. The number of hydrogen-bond donors (Lipinski definition) is 1. The maximum atomic E-state index is 5.54. The van der Waals surface area contributed by atoms with Crippen molar-refractivity contribution in [3.63, 3.8) is 0 Å². The van der Waals surface area contributed by atoms with Gasteiger partial charge in [0.15, 0.2) is 0 Å². The van der Waals surface area contributed by atoms with Gasteiger partial charge in [-0.2, -0.15) is 0 Å². The number of thiocarbonyl (C=S) groups is 1. The second-order valence-electron chi connectivity index (χ2n) is 7.43. The van der Waals surface area contributed by atoms with Crippen LogP contribution in [0.1, 0.15) is 25.1 Å². The molecule has 3 aromatic rings. The van der Waals surface area contributed by atoms with E-state index in [0.717, 1.165) is 45.2 Å². The zero-order valence-corrected chi connectivity index (χ0v) is 16.9. The first kappa shape index (κ1) is 18.1. The van der Waals surface area contributed by atoms with E-state index in [1.807, 2.05) is 26.4 Å². The van der Waals surface area contributed by atoms with Gasteiger partial charge in [0.1, 0.15) is 11.6 Å². The smallest absolute Gasteiger partial charge is 0.131 e. The number of likely N-dealkylation sites (N-methyl/N-ethyl adjacent to an activating group) is 1. The molecule has 2 heterocycles. The number of benzene rings is 1. The van der Waals surface area contributed by atoms with Crippen LogP contribution in [0, 0.1) is 6.92 Å². The van der Waals surface area contributed by atoms with Crippen molar-refractivity contribution in [3.05, 3.63) is 42.5 Å². The standard InChI is InChI=1S/C21H25N5S/c1-14-22-12-19(26(14)3)15-7-8-16-11-23-20(10-17(16)9-15)24-21(27)13-25(2)18-5-4-6-18/h7-12,18H,4-6,13H2,1-3H3,(H,23,24,27). The predicted octanol–water partition coefficient (Wildman–Crippen LogP) is 4.17. The summed E-state index contributed by atoms with van der Waals surface area (Å²) in [5, 5.41) is 5.55. The number of nitrogens with zero attached hydrogens (tertiary/aromatic N) is 4. The van der Waals surface area contributed by atoms with Gasteiger partial charge in [0, 0.05) is 36.8 Å². The van der Waals surface area contributed by atoms with Gasteiger partial charge in [-0.15, -0.1) is 0 Å². The summed E-state index contributed by atoms with van der Waals surface area (Å²) in [6.45, 7) is 2.78. The average Bonchev–Trinajstić information content (AvgIpc) is 2.91. The molecule has 0 aliphatic heterocycles. The van der Waals surface area contributed by atoms with E-state index in [2.05, 4.69) is 56.1 Å². The van der Waals surface area contributed by atoms with Crippen molar-refractivity contribution in [3.8, 4) is 11.3 Å². The molecule has 1 aromatic carbocycles. The fraction of sp³-hybridized carbons (Fsp3) is 0.381. The van der Waals surface area contributed by atoms with Crippen LogP contribution in [0.25, 0.3) is 22.0 Å². The number of pyridine rings is 1. The molecule has 27 heavy (non-hydrogen) atoms. The fourth-order valence-corrected chi connectivity index (χ4v) is 3.81. The van der Waals surface area contributed by atoms with Crippen molar-refractivity contribution in [2.75, 3.05) is 18.9 Å². The van der Waals surface area contributed by atoms with E-state index in [1.165, 1.54) is 19.3 Å². The summed E-state index contributed by atoms with van der Waals surface area (Å²) in [6, 6.07) is 9.15. The van der Waals surface area contributed by atoms with E-state index in [4.69, 9.17) is 12.2 Å². The highest BCUT2D eigenvalue weighted by Gasteiger charge is 2.22. The van der Waals surface area contributed by atoms with Crippen LogP contribution in [-0.4, -0.2) is 44.1 Å². The molecule has 1 saturated carbocycles. The number of rotatable bonds is 5. The Morgan fingerprint density at radius 3 is 2.70 bits per heavy atom. The van der Waals surface area contributed by atoms with Gasteiger partial charge in [-0.1, -0.05) is 30.8 Å². The number of fused-ring (bicyclic) bond motifs is 1. The van der Waals surface area contributed by atoms with E-state index < -0.39 is 0 Å². The summed E-state index contributed by atoms with van der Waals surface area (Å²) in [7, 11) is 4.19. The Kier molecular flexibility index (Phi) is 4.93. The van der Waals surface area contributed by atoms with Crippen LogP contribution >= 0.6 is 12.2 Å². The first-order valence-electron chi connectivity index (χ1n) is 9.40. The van der Waals surface area contributed by atoms with Crippen LogP contribution in [0.5, 0.6) is 0 Å². The molecule has 0 bridgehead atoms. The minimum atomic E-state index is 0.680. The summed E-state index contributed by atoms with van der Waals surface area (Å²) in [5.74, 6) is 1.80. The maximum Gasteiger partial charge on any atom is 0.131 e. The zero-order valence-electron chi connectivity index (χ0n) is 16.1. The van der Waals surface area contributed by atoms with Crippen LogP contribution in [0.2, 0.25) is 0 Å². The molecule has 0 atom stereocenters. The highest BCUT2D eigenvalue weighted by molar-refractivity contribution is 7.80. The SMILES string of the molecule is Cc1ncc(-c2ccc3cnc(NC(=S)CN(C)C4CCC4)cc3c2)n1C. The second-order valence-corrected chi connectivity index (χ2v) is 7.92. The second kappa shape index (κ2) is 7.37. The molecule has 6 heteroatoms. The topological polar surface area (TPSA) is 46.0 Å². The Morgan fingerprint density at radius 1 is 1.22 bits per heavy atom. The molecule has 0 saturated heterocycles. The lowest BCUT2D eigenvalue weighted by Gasteiger charge is -2.34. The van der Waals surface area contributed by atoms with Gasteiger partial charge in [-0.3, -0.25) is 4.90 Å². The summed E-state index contributed by atoms with van der Waals surface area (Å²) >= 11 is 5.54. The third-order valence-corrected chi connectivity index (χ3v) is 5.83. The molecule has 140 valence electrons. The van der Waals surface area contributed by atoms with E-state index >= 15 is 0 Å². The molecule has 1 N–H and O–H groups in total. The average molecular weight is 380 g/mol. The molecule has 0 radical (unpaired) electrons. The molecule has 1 aliphatic carbocycles. The Balaban J connectivity index is 1.53. The third-order valence-electron chi connectivity index (χ3n) is 5.60. The summed E-state index contributed by atoms with van der Waals surface area (Å²) in [4.78, 5) is 12.1. The van der Waals surface area contributed by atoms with Crippen LogP contribution in [-0.2, 0) is 7.05 Å². The van der Waals surface area contributed by atoms with Crippen molar-refractivity contribution in [1.82, 2.24) is 19.4 Å². The lowest BCUT2D eigenvalue weighted by Crippen LogP contribution is -2.41. The van der Waals surface area contributed by atoms with Gasteiger partial charge >= 0.3 is 0 Å². The van der Waals surface area contributed by atoms with Crippen molar-refractivity contribution in [2.24, 2.45) is 7.05 Å². The van der Waals surface area contributed by atoms with Crippen molar-refractivity contribution in [2.45, 2.75) is 32.2 Å². The highest BCUT2D eigenvalue weighted by atomic mass is 32.1. The van der Waals surface area contributed by atoms with Crippen molar-refractivity contribution < 1.29 is 0 Å². The predicted molar refractivity (Wildman–Crippen MR) is 115 cm³/mol. The zero-order chi connectivity index (χ0) is 19.0. The van der Waals surface area contributed by atoms with Crippen LogP contribution in [0.4, 0.5) is 5.82 Å². The maximum absolute atomic E-state index is 5.54. The first-order chi connectivity index (χ1) is 13.0. The van der Waals surface area contributed by atoms with Gasteiger partial charge in [0.05, 0.1) is 16.9 Å². The third kappa shape index (κ3) is 3.73. The van der Waals surface area contributed by atoms with E-state index in [1.54, 1.807) is 0 Å². The molecule has 0 unspecified atom stereocenters. The number of aromatic nitrogens is 3. The van der Waals surface area contributed by atoms with Crippen molar-refractivity contribution >= 4 is 33.8 Å². The molecule has 0 spiro atoms. The Bertz CT molecular complexity index is 989. The highest BCUT2D eigenvalue weighted by Crippen LogP contribution is 2.26. The monoisotopic (exact) mass is 379 g/mol. The number of hydrogen-bond acceptors (Lipinski definition) is 4. The minimum Gasteiger partial charge on any atom is -0.334 e. The van der Waals surface area contributed by atoms with Crippen LogP contribution in [0.15, 0.2) is 36.7 Å². The van der Waals surface area contributed by atoms with Gasteiger partial charge < -0.3 is 9.88 Å². The molecule has 5 nitrogen and oxygen atoms in total. The van der Waals surface area contributed by atoms with Gasteiger partial charge in [0.2, 0.25) is 0 Å². The number of nitrogens with one attached hydrogen (secondary N) is 1. The quantitative estimate of drug-likeness (QED) is 0.674. The fourth-order valence-electron chi connectivity index (χ4n) is 3.50. The molecule has 2 aromatic heterocycles. The minimum absolute atomic E-state index is 0.680. The van der Waals surface area contributed by atoms with Gasteiger partial charge in [-0.25, -0.2) is 9.97 Å². The molecule has 4 rings (SSSR count). The van der Waals surface area contributed by atoms with Gasteiger partial charge in [-0.05, 0) is 44.3 Å². The number of imidazole rings is 1. The lowest BCUT2D eigenvalue weighted by molar-refractivity contribution is 0.181. The molecular formula is C21H25N5S. The molecule has 0 amide bonds. The molecule has 1 aliphatic rings. The van der Waals surface area contributed by atoms with Gasteiger partial charge in [0.25, 0.3) is 0 Å². The summed E-state index contributed by atoms with van der Waals surface area (Å²) in [6.07, 6.45) is 7.71. The van der Waals surface area contributed by atoms with E-state index in [-0.39, 0.29) is 0 Å². The van der Waals surface area contributed by atoms with E-state index in [9.17, 15) is 0 Å².